The third-order valence-corrected chi connectivity index (χ3v) is 4.81. The van der Waals surface area contributed by atoms with Gasteiger partial charge in [-0.3, -0.25) is 9.78 Å². The topological polar surface area (TPSA) is 104 Å². The lowest BCUT2D eigenvalue weighted by atomic mass is 10.1. The number of rotatable bonds is 6. The number of aryl methyl sites for hydroxylation is 1. The van der Waals surface area contributed by atoms with Crippen LogP contribution in [0.2, 0.25) is 0 Å². The van der Waals surface area contributed by atoms with Gasteiger partial charge in [0, 0.05) is 41.6 Å². The van der Waals surface area contributed by atoms with Crippen LogP contribution in [0.25, 0.3) is 17.3 Å². The number of hydrogen-bond donors (Lipinski definition) is 2. The SMILES string of the molecule is Cc1ccc(NC(=O)/C=C/c2cccc(C#N)c2)cc1Nc1nccc(-c2cccnc2)n1. The standard InChI is InChI=1S/C26H20N6O/c1-18-7-9-22(30-25(33)10-8-19-4-2-5-20(14-19)16-27)15-24(18)32-26-29-13-11-23(31-26)21-6-3-12-28-17-21/h2-15,17H,1H3,(H,30,33)(H,29,31,32)/b10-8+. The summed E-state index contributed by atoms with van der Waals surface area (Å²) in [5, 5.41) is 15.1. The Morgan fingerprint density at radius 3 is 2.79 bits per heavy atom. The summed E-state index contributed by atoms with van der Waals surface area (Å²) in [6.07, 6.45) is 8.25. The van der Waals surface area contributed by atoms with Crippen molar-refractivity contribution in [2.75, 3.05) is 10.6 Å². The van der Waals surface area contributed by atoms with Crippen molar-refractivity contribution < 1.29 is 4.79 Å². The molecular formula is C26H20N6O. The summed E-state index contributed by atoms with van der Waals surface area (Å²) in [7, 11) is 0. The van der Waals surface area contributed by atoms with E-state index in [2.05, 4.69) is 31.7 Å². The van der Waals surface area contributed by atoms with Crippen LogP contribution in [0.1, 0.15) is 16.7 Å². The van der Waals surface area contributed by atoms with Crippen molar-refractivity contribution in [1.82, 2.24) is 15.0 Å². The average Bonchev–Trinajstić information content (AvgIpc) is 2.86. The lowest BCUT2D eigenvalue weighted by molar-refractivity contribution is -0.111. The van der Waals surface area contributed by atoms with E-state index in [-0.39, 0.29) is 5.91 Å². The highest BCUT2D eigenvalue weighted by atomic mass is 16.1. The Bertz CT molecular complexity index is 1360. The molecule has 2 aromatic carbocycles. The van der Waals surface area contributed by atoms with Gasteiger partial charge in [0.05, 0.1) is 17.3 Å². The molecule has 0 radical (unpaired) electrons. The summed E-state index contributed by atoms with van der Waals surface area (Å²) in [6.45, 7) is 1.96. The van der Waals surface area contributed by atoms with E-state index in [1.54, 1.807) is 42.9 Å². The Morgan fingerprint density at radius 1 is 1.06 bits per heavy atom. The smallest absolute Gasteiger partial charge is 0.248 e. The molecule has 2 heterocycles. The third kappa shape index (κ3) is 5.66. The molecule has 33 heavy (non-hydrogen) atoms. The molecule has 160 valence electrons. The van der Waals surface area contributed by atoms with Crippen molar-refractivity contribution in [3.63, 3.8) is 0 Å². The minimum atomic E-state index is -0.276. The van der Waals surface area contributed by atoms with Gasteiger partial charge in [0.1, 0.15) is 0 Å². The highest BCUT2D eigenvalue weighted by Gasteiger charge is 2.07. The minimum absolute atomic E-state index is 0.276. The van der Waals surface area contributed by atoms with Gasteiger partial charge in [0.25, 0.3) is 0 Å². The van der Waals surface area contributed by atoms with Crippen molar-refractivity contribution in [1.29, 1.82) is 5.26 Å². The molecule has 7 nitrogen and oxygen atoms in total. The highest BCUT2D eigenvalue weighted by molar-refractivity contribution is 6.02. The quantitative estimate of drug-likeness (QED) is 0.410. The van der Waals surface area contributed by atoms with Crippen LogP contribution in [-0.4, -0.2) is 20.9 Å². The van der Waals surface area contributed by atoms with E-state index in [4.69, 9.17) is 5.26 Å². The molecule has 0 saturated carbocycles. The number of anilines is 3. The fourth-order valence-corrected chi connectivity index (χ4v) is 3.12. The predicted octanol–water partition coefficient (Wildman–Crippen LogP) is 5.11. The molecule has 0 bridgehead atoms. The van der Waals surface area contributed by atoms with E-state index in [9.17, 15) is 4.79 Å². The molecule has 4 rings (SSSR count). The molecule has 0 atom stereocenters. The Kier molecular flexibility index (Phi) is 6.48. The number of aromatic nitrogens is 3. The number of benzene rings is 2. The maximum Gasteiger partial charge on any atom is 0.248 e. The number of carbonyl (C=O) groups excluding carboxylic acids is 1. The first-order chi connectivity index (χ1) is 16.1. The fourth-order valence-electron chi connectivity index (χ4n) is 3.12. The molecule has 0 fully saturated rings. The summed E-state index contributed by atoms with van der Waals surface area (Å²) in [5.41, 5.74) is 5.37. The average molecular weight is 432 g/mol. The van der Waals surface area contributed by atoms with Crippen molar-refractivity contribution in [2.24, 2.45) is 0 Å². The van der Waals surface area contributed by atoms with E-state index in [1.807, 2.05) is 49.4 Å². The normalized spacial score (nSPS) is 10.5. The van der Waals surface area contributed by atoms with Crippen LogP contribution >= 0.6 is 0 Å². The van der Waals surface area contributed by atoms with Crippen molar-refractivity contribution >= 4 is 29.3 Å². The number of pyridine rings is 1. The third-order valence-electron chi connectivity index (χ3n) is 4.81. The van der Waals surface area contributed by atoms with Gasteiger partial charge in [-0.1, -0.05) is 18.2 Å². The van der Waals surface area contributed by atoms with Gasteiger partial charge < -0.3 is 10.6 Å². The fraction of sp³-hybridized carbons (Fsp3) is 0.0385. The Hall–Kier alpha value is -4.83. The van der Waals surface area contributed by atoms with Gasteiger partial charge in [-0.05, 0) is 66.6 Å². The van der Waals surface area contributed by atoms with Gasteiger partial charge in [-0.15, -0.1) is 0 Å². The zero-order chi connectivity index (χ0) is 23.0. The molecule has 7 heteroatoms. The summed E-state index contributed by atoms with van der Waals surface area (Å²) >= 11 is 0. The first-order valence-electron chi connectivity index (χ1n) is 10.2. The maximum atomic E-state index is 12.4. The van der Waals surface area contributed by atoms with E-state index < -0.39 is 0 Å². The summed E-state index contributed by atoms with van der Waals surface area (Å²) in [4.78, 5) is 25.4. The zero-order valence-electron chi connectivity index (χ0n) is 17.9. The summed E-state index contributed by atoms with van der Waals surface area (Å²) in [5.74, 6) is 0.169. The molecule has 0 spiro atoms. The number of hydrogen-bond acceptors (Lipinski definition) is 6. The van der Waals surface area contributed by atoms with E-state index >= 15 is 0 Å². The van der Waals surface area contributed by atoms with Crippen molar-refractivity contribution in [2.45, 2.75) is 6.92 Å². The highest BCUT2D eigenvalue weighted by Crippen LogP contribution is 2.24. The largest absolute Gasteiger partial charge is 0.324 e. The van der Waals surface area contributed by atoms with Crippen LogP contribution in [0.15, 0.2) is 85.3 Å². The first-order valence-corrected chi connectivity index (χ1v) is 10.2. The van der Waals surface area contributed by atoms with Gasteiger partial charge in [0.2, 0.25) is 11.9 Å². The minimum Gasteiger partial charge on any atom is -0.324 e. The van der Waals surface area contributed by atoms with Gasteiger partial charge in [-0.2, -0.15) is 5.26 Å². The number of amides is 1. The van der Waals surface area contributed by atoms with Crippen LogP contribution in [0, 0.1) is 18.3 Å². The number of nitrogens with zero attached hydrogens (tertiary/aromatic N) is 4. The molecular weight excluding hydrogens is 412 g/mol. The molecule has 0 saturated heterocycles. The van der Waals surface area contributed by atoms with Crippen LogP contribution in [0.3, 0.4) is 0 Å². The van der Waals surface area contributed by atoms with Crippen LogP contribution < -0.4 is 10.6 Å². The monoisotopic (exact) mass is 432 g/mol. The van der Waals surface area contributed by atoms with E-state index in [1.165, 1.54) is 6.08 Å². The van der Waals surface area contributed by atoms with Crippen LogP contribution in [0.4, 0.5) is 17.3 Å². The van der Waals surface area contributed by atoms with Crippen molar-refractivity contribution in [3.05, 3.63) is 102 Å². The van der Waals surface area contributed by atoms with E-state index in [0.717, 1.165) is 28.1 Å². The maximum absolute atomic E-state index is 12.4. The Labute approximate surface area is 191 Å². The van der Waals surface area contributed by atoms with Gasteiger partial charge >= 0.3 is 0 Å². The molecule has 4 aromatic rings. The van der Waals surface area contributed by atoms with Crippen LogP contribution in [-0.2, 0) is 4.79 Å². The van der Waals surface area contributed by atoms with Crippen LogP contribution in [0.5, 0.6) is 0 Å². The lowest BCUT2D eigenvalue weighted by Crippen LogP contribution is -2.08. The first kappa shape index (κ1) is 21.4. The molecule has 0 unspecified atom stereocenters. The van der Waals surface area contributed by atoms with Gasteiger partial charge in [-0.25, -0.2) is 9.97 Å². The van der Waals surface area contributed by atoms with Crippen molar-refractivity contribution in [3.8, 4) is 17.3 Å². The molecule has 2 N–H and O–H groups in total. The number of nitriles is 1. The molecule has 0 aliphatic heterocycles. The summed E-state index contributed by atoms with van der Waals surface area (Å²) < 4.78 is 0. The number of carbonyl (C=O) groups is 1. The molecule has 0 aliphatic rings. The predicted molar refractivity (Wildman–Crippen MR) is 129 cm³/mol. The molecule has 0 aliphatic carbocycles. The molecule has 2 aromatic heterocycles. The summed E-state index contributed by atoms with van der Waals surface area (Å²) in [6, 6.07) is 20.3. The Morgan fingerprint density at radius 2 is 1.97 bits per heavy atom. The second-order valence-electron chi connectivity index (χ2n) is 7.22. The second kappa shape index (κ2) is 9.98. The zero-order valence-corrected chi connectivity index (χ0v) is 17.9. The van der Waals surface area contributed by atoms with E-state index in [0.29, 0.717) is 17.2 Å². The second-order valence-corrected chi connectivity index (χ2v) is 7.22. The molecule has 1 amide bonds. The lowest BCUT2D eigenvalue weighted by Gasteiger charge is -2.11. The number of nitrogens with one attached hydrogen (secondary N) is 2. The van der Waals surface area contributed by atoms with Gasteiger partial charge in [0.15, 0.2) is 0 Å². The Balaban J connectivity index is 1.47.